The van der Waals surface area contributed by atoms with Crippen LogP contribution in [0.4, 0.5) is 0 Å². The lowest BCUT2D eigenvalue weighted by molar-refractivity contribution is 0.0779. The summed E-state index contributed by atoms with van der Waals surface area (Å²) < 4.78 is 7.41. The number of aromatic nitrogens is 4. The molecule has 1 saturated heterocycles. The first-order valence-electron chi connectivity index (χ1n) is 8.83. The summed E-state index contributed by atoms with van der Waals surface area (Å²) in [5.74, 6) is 0.815. The zero-order valence-corrected chi connectivity index (χ0v) is 14.7. The number of aryl methyl sites for hydroxylation is 1. The minimum absolute atomic E-state index is 0.214. The Bertz CT molecular complexity index is 931. The van der Waals surface area contributed by atoms with Crippen LogP contribution in [0.5, 0.6) is 0 Å². The zero-order valence-electron chi connectivity index (χ0n) is 14.7. The second kappa shape index (κ2) is 7.21. The lowest BCUT2D eigenvalue weighted by atomic mass is 10.0. The van der Waals surface area contributed by atoms with E-state index in [9.17, 15) is 4.79 Å². The molecule has 0 aromatic carbocycles. The van der Waals surface area contributed by atoms with Crippen LogP contribution in [0.3, 0.4) is 0 Å². The van der Waals surface area contributed by atoms with Gasteiger partial charge in [0.25, 0.3) is 5.91 Å². The summed E-state index contributed by atoms with van der Waals surface area (Å²) in [5.41, 5.74) is 2.98. The Hall–Kier alpha value is -2.80. The number of hydrogen-bond acceptors (Lipinski definition) is 5. The molecular formula is C19H21N5O2. The van der Waals surface area contributed by atoms with Gasteiger partial charge in [0, 0.05) is 30.6 Å². The monoisotopic (exact) mass is 351 g/mol. The molecule has 1 N–H and O–H groups in total. The van der Waals surface area contributed by atoms with E-state index in [4.69, 9.17) is 4.74 Å². The van der Waals surface area contributed by atoms with Gasteiger partial charge in [-0.2, -0.15) is 0 Å². The molecule has 3 aromatic rings. The molecule has 1 amide bonds. The van der Waals surface area contributed by atoms with E-state index in [2.05, 4.69) is 20.3 Å². The third-order valence-corrected chi connectivity index (χ3v) is 4.62. The number of pyridine rings is 1. The quantitative estimate of drug-likeness (QED) is 0.780. The average Bonchev–Trinajstić information content (AvgIpc) is 3.13. The SMILES string of the molecule is Cc1cccc2nc(C(=O)NCc3ccnc([C@H]4CCCOC4)n3)cn12. The predicted octanol–water partition coefficient (Wildman–Crippen LogP) is 2.26. The molecule has 4 heterocycles. The fourth-order valence-corrected chi connectivity index (χ4v) is 3.17. The molecular weight excluding hydrogens is 330 g/mol. The number of amides is 1. The average molecular weight is 351 g/mol. The van der Waals surface area contributed by atoms with Gasteiger partial charge in [-0.25, -0.2) is 15.0 Å². The number of nitrogens with one attached hydrogen (secondary N) is 1. The van der Waals surface area contributed by atoms with Gasteiger partial charge in [0.2, 0.25) is 0 Å². The van der Waals surface area contributed by atoms with Crippen LogP contribution in [0.25, 0.3) is 5.65 Å². The lowest BCUT2D eigenvalue weighted by Gasteiger charge is -2.20. The second-order valence-electron chi connectivity index (χ2n) is 6.52. The summed E-state index contributed by atoms with van der Waals surface area (Å²) in [5, 5.41) is 2.89. The fourth-order valence-electron chi connectivity index (χ4n) is 3.17. The molecule has 0 bridgehead atoms. The van der Waals surface area contributed by atoms with Crippen LogP contribution in [0.2, 0.25) is 0 Å². The molecule has 134 valence electrons. The first-order chi connectivity index (χ1) is 12.7. The van der Waals surface area contributed by atoms with E-state index in [1.54, 1.807) is 12.4 Å². The highest BCUT2D eigenvalue weighted by Crippen LogP contribution is 2.22. The number of carbonyl (C=O) groups is 1. The predicted molar refractivity (Wildman–Crippen MR) is 95.9 cm³/mol. The number of hydrogen-bond donors (Lipinski definition) is 1. The molecule has 3 aromatic heterocycles. The maximum atomic E-state index is 12.4. The highest BCUT2D eigenvalue weighted by atomic mass is 16.5. The standard InChI is InChI=1S/C19H21N5O2/c1-13-4-2-6-17-23-16(11-24(13)17)19(25)21-10-15-7-8-20-18(22-15)14-5-3-9-26-12-14/h2,4,6-8,11,14H,3,5,9-10,12H2,1H3,(H,21,25)/t14-/m0/s1. The molecule has 1 aliphatic heterocycles. The maximum Gasteiger partial charge on any atom is 0.271 e. The molecule has 0 unspecified atom stereocenters. The van der Waals surface area contributed by atoms with Crippen molar-refractivity contribution in [3.05, 3.63) is 59.6 Å². The van der Waals surface area contributed by atoms with Gasteiger partial charge in [-0.15, -0.1) is 0 Å². The molecule has 0 spiro atoms. The van der Waals surface area contributed by atoms with Crippen molar-refractivity contribution in [1.82, 2.24) is 24.7 Å². The lowest BCUT2D eigenvalue weighted by Crippen LogP contribution is -2.24. The van der Waals surface area contributed by atoms with Gasteiger partial charge in [0.1, 0.15) is 17.2 Å². The van der Waals surface area contributed by atoms with Crippen molar-refractivity contribution in [3.63, 3.8) is 0 Å². The van der Waals surface area contributed by atoms with Crippen LogP contribution in [0.15, 0.2) is 36.7 Å². The highest BCUT2D eigenvalue weighted by molar-refractivity contribution is 5.92. The minimum Gasteiger partial charge on any atom is -0.381 e. The van der Waals surface area contributed by atoms with Crippen molar-refractivity contribution in [2.45, 2.75) is 32.2 Å². The van der Waals surface area contributed by atoms with Gasteiger partial charge in [0.05, 0.1) is 18.8 Å². The Morgan fingerprint density at radius 3 is 3.08 bits per heavy atom. The highest BCUT2D eigenvalue weighted by Gasteiger charge is 2.19. The molecule has 26 heavy (non-hydrogen) atoms. The smallest absolute Gasteiger partial charge is 0.271 e. The van der Waals surface area contributed by atoms with E-state index in [-0.39, 0.29) is 11.8 Å². The van der Waals surface area contributed by atoms with Gasteiger partial charge in [-0.3, -0.25) is 4.79 Å². The number of ether oxygens (including phenoxy) is 1. The largest absolute Gasteiger partial charge is 0.381 e. The number of carbonyl (C=O) groups excluding carboxylic acids is 1. The number of nitrogens with zero attached hydrogens (tertiary/aromatic N) is 4. The first kappa shape index (κ1) is 16.7. The fraction of sp³-hybridized carbons (Fsp3) is 0.368. The molecule has 4 rings (SSSR count). The van der Waals surface area contributed by atoms with E-state index < -0.39 is 0 Å². The summed E-state index contributed by atoms with van der Waals surface area (Å²) in [7, 11) is 0. The molecule has 0 radical (unpaired) electrons. The number of imidazole rings is 1. The second-order valence-corrected chi connectivity index (χ2v) is 6.52. The summed E-state index contributed by atoms with van der Waals surface area (Å²) >= 11 is 0. The third kappa shape index (κ3) is 3.43. The Morgan fingerprint density at radius 1 is 1.35 bits per heavy atom. The molecule has 0 saturated carbocycles. The van der Waals surface area contributed by atoms with Crippen LogP contribution < -0.4 is 5.32 Å². The van der Waals surface area contributed by atoms with Gasteiger partial charge in [0.15, 0.2) is 0 Å². The van der Waals surface area contributed by atoms with Crippen molar-refractivity contribution in [3.8, 4) is 0 Å². The number of fused-ring (bicyclic) bond motifs is 1. The van der Waals surface area contributed by atoms with Gasteiger partial charge >= 0.3 is 0 Å². The van der Waals surface area contributed by atoms with E-state index in [1.165, 1.54) is 0 Å². The van der Waals surface area contributed by atoms with Crippen molar-refractivity contribution in [1.29, 1.82) is 0 Å². The van der Waals surface area contributed by atoms with E-state index in [1.807, 2.05) is 35.6 Å². The zero-order chi connectivity index (χ0) is 17.9. The molecule has 7 nitrogen and oxygen atoms in total. The van der Waals surface area contributed by atoms with E-state index >= 15 is 0 Å². The molecule has 1 atom stereocenters. The van der Waals surface area contributed by atoms with Gasteiger partial charge in [-0.05, 0) is 38.0 Å². The van der Waals surface area contributed by atoms with Crippen LogP contribution in [0, 0.1) is 6.92 Å². The summed E-state index contributed by atoms with van der Waals surface area (Å²) in [4.78, 5) is 25.8. The Labute approximate surface area is 151 Å². The van der Waals surface area contributed by atoms with Crippen molar-refractivity contribution >= 4 is 11.6 Å². The van der Waals surface area contributed by atoms with Crippen molar-refractivity contribution < 1.29 is 9.53 Å². The summed E-state index contributed by atoms with van der Waals surface area (Å²) in [6, 6.07) is 7.61. The normalized spacial score (nSPS) is 17.3. The third-order valence-electron chi connectivity index (χ3n) is 4.62. The topological polar surface area (TPSA) is 81.4 Å². The van der Waals surface area contributed by atoms with E-state index in [0.29, 0.717) is 18.8 Å². The molecule has 0 aliphatic carbocycles. The molecule has 7 heteroatoms. The van der Waals surface area contributed by atoms with Gasteiger partial charge < -0.3 is 14.5 Å². The number of rotatable bonds is 4. The van der Waals surface area contributed by atoms with Crippen molar-refractivity contribution in [2.75, 3.05) is 13.2 Å². The van der Waals surface area contributed by atoms with Crippen LogP contribution in [-0.2, 0) is 11.3 Å². The van der Waals surface area contributed by atoms with Crippen LogP contribution in [0.1, 0.15) is 46.5 Å². The molecule has 1 aliphatic rings. The Kier molecular flexibility index (Phi) is 4.62. The van der Waals surface area contributed by atoms with E-state index in [0.717, 1.165) is 42.3 Å². The van der Waals surface area contributed by atoms with Crippen LogP contribution in [-0.4, -0.2) is 38.5 Å². The minimum atomic E-state index is -0.214. The Balaban J connectivity index is 1.44. The molecule has 1 fully saturated rings. The summed E-state index contributed by atoms with van der Waals surface area (Å²) in [6.45, 7) is 3.80. The maximum absolute atomic E-state index is 12.4. The first-order valence-corrected chi connectivity index (χ1v) is 8.83. The van der Waals surface area contributed by atoms with Gasteiger partial charge in [-0.1, -0.05) is 6.07 Å². The van der Waals surface area contributed by atoms with Crippen LogP contribution >= 0.6 is 0 Å². The Morgan fingerprint density at radius 2 is 2.27 bits per heavy atom. The summed E-state index contributed by atoms with van der Waals surface area (Å²) in [6.07, 6.45) is 5.57. The van der Waals surface area contributed by atoms with Crippen molar-refractivity contribution in [2.24, 2.45) is 0 Å².